The summed E-state index contributed by atoms with van der Waals surface area (Å²) in [6, 6.07) is 0.0598. The van der Waals surface area contributed by atoms with E-state index >= 15 is 0 Å². The molecule has 0 aromatic rings. The zero-order chi connectivity index (χ0) is 13.3. The van der Waals surface area contributed by atoms with Crippen LogP contribution in [0.1, 0.15) is 66.2 Å². The number of hydrogen-bond donors (Lipinski definition) is 1. The van der Waals surface area contributed by atoms with E-state index < -0.39 is 0 Å². The van der Waals surface area contributed by atoms with Crippen molar-refractivity contribution >= 4 is 5.91 Å². The number of rotatable bonds is 6. The first-order chi connectivity index (χ1) is 8.52. The van der Waals surface area contributed by atoms with Crippen molar-refractivity contribution in [2.75, 3.05) is 0 Å². The fourth-order valence-corrected chi connectivity index (χ4v) is 3.35. The molecule has 3 nitrogen and oxygen atoms in total. The summed E-state index contributed by atoms with van der Waals surface area (Å²) in [7, 11) is 0. The normalized spacial score (nSPS) is 29.1. The summed E-state index contributed by atoms with van der Waals surface area (Å²) in [5, 5.41) is 3.56. The van der Waals surface area contributed by atoms with Gasteiger partial charge in [0.05, 0.1) is 12.2 Å². The number of carbonyl (C=O) groups excluding carboxylic acids is 1. The summed E-state index contributed by atoms with van der Waals surface area (Å²) in [4.78, 5) is 14.8. The van der Waals surface area contributed by atoms with Crippen molar-refractivity contribution in [2.45, 2.75) is 84.0 Å². The quantitative estimate of drug-likeness (QED) is 0.788. The van der Waals surface area contributed by atoms with Crippen molar-refractivity contribution in [1.29, 1.82) is 0 Å². The zero-order valence-corrected chi connectivity index (χ0v) is 12.3. The second-order valence-electron chi connectivity index (χ2n) is 6.45. The van der Waals surface area contributed by atoms with Crippen LogP contribution in [0.15, 0.2) is 0 Å². The molecule has 0 aromatic carbocycles. The molecule has 1 aliphatic carbocycles. The molecule has 2 aliphatic rings. The van der Waals surface area contributed by atoms with Crippen molar-refractivity contribution in [3.05, 3.63) is 0 Å². The highest BCUT2D eigenvalue weighted by Crippen LogP contribution is 2.45. The Morgan fingerprint density at radius 2 is 1.83 bits per heavy atom. The molecular weight excluding hydrogens is 224 g/mol. The first-order valence-corrected chi connectivity index (χ1v) is 7.61. The Morgan fingerprint density at radius 1 is 1.22 bits per heavy atom. The highest BCUT2D eigenvalue weighted by Gasteiger charge is 2.50. The highest BCUT2D eigenvalue weighted by molar-refractivity contribution is 5.85. The highest BCUT2D eigenvalue weighted by atomic mass is 16.2. The Labute approximate surface area is 111 Å². The van der Waals surface area contributed by atoms with Crippen LogP contribution in [0.2, 0.25) is 0 Å². The van der Waals surface area contributed by atoms with Gasteiger partial charge in [-0.2, -0.15) is 0 Å². The average molecular weight is 252 g/mol. The summed E-state index contributed by atoms with van der Waals surface area (Å²) in [6.45, 7) is 8.85. The molecule has 2 atom stereocenters. The summed E-state index contributed by atoms with van der Waals surface area (Å²) in [5.41, 5.74) is 0.0341. The van der Waals surface area contributed by atoms with Crippen LogP contribution < -0.4 is 5.32 Å². The molecular formula is C15H28N2O. The third-order valence-corrected chi connectivity index (χ3v) is 4.58. The van der Waals surface area contributed by atoms with Crippen LogP contribution in [-0.4, -0.2) is 28.6 Å². The van der Waals surface area contributed by atoms with Gasteiger partial charge in [-0.05, 0) is 45.4 Å². The molecule has 18 heavy (non-hydrogen) atoms. The second kappa shape index (κ2) is 5.20. The van der Waals surface area contributed by atoms with Crippen LogP contribution >= 0.6 is 0 Å². The summed E-state index contributed by atoms with van der Waals surface area (Å²) in [5.74, 6) is 1.05. The van der Waals surface area contributed by atoms with Gasteiger partial charge in [-0.15, -0.1) is 0 Å². The van der Waals surface area contributed by atoms with Gasteiger partial charge < -0.3 is 4.90 Å². The molecule has 1 saturated carbocycles. The minimum absolute atomic E-state index is 0.0341. The Balaban J connectivity index is 2.15. The van der Waals surface area contributed by atoms with Gasteiger partial charge in [0.2, 0.25) is 5.91 Å². The van der Waals surface area contributed by atoms with E-state index in [1.54, 1.807) is 0 Å². The molecule has 0 spiro atoms. The summed E-state index contributed by atoms with van der Waals surface area (Å²) in [6.07, 6.45) is 7.07. The van der Waals surface area contributed by atoms with E-state index in [0.29, 0.717) is 11.8 Å². The molecule has 0 aromatic heterocycles. The second-order valence-corrected chi connectivity index (χ2v) is 6.45. The maximum absolute atomic E-state index is 12.6. The first-order valence-electron chi connectivity index (χ1n) is 7.61. The lowest BCUT2D eigenvalue weighted by molar-refractivity contribution is -0.136. The number of hydrogen-bond acceptors (Lipinski definition) is 2. The van der Waals surface area contributed by atoms with Crippen LogP contribution in [-0.2, 0) is 4.79 Å². The summed E-state index contributed by atoms with van der Waals surface area (Å²) >= 11 is 0. The first kappa shape index (κ1) is 13.9. The van der Waals surface area contributed by atoms with Crippen molar-refractivity contribution in [2.24, 2.45) is 5.92 Å². The third-order valence-electron chi connectivity index (χ3n) is 4.58. The SMILES string of the molecule is CCCC1NC(CCC)N(C(C)(C)C2CC2)C1=O. The monoisotopic (exact) mass is 252 g/mol. The lowest BCUT2D eigenvalue weighted by atomic mass is 9.94. The fraction of sp³-hybridized carbons (Fsp3) is 0.933. The van der Waals surface area contributed by atoms with E-state index in [4.69, 9.17) is 0 Å². The van der Waals surface area contributed by atoms with Crippen LogP contribution in [0.5, 0.6) is 0 Å². The van der Waals surface area contributed by atoms with Crippen LogP contribution in [0.3, 0.4) is 0 Å². The fourth-order valence-electron chi connectivity index (χ4n) is 3.35. The van der Waals surface area contributed by atoms with Gasteiger partial charge >= 0.3 is 0 Å². The molecule has 1 N–H and O–H groups in total. The Kier molecular flexibility index (Phi) is 4.00. The van der Waals surface area contributed by atoms with Gasteiger partial charge in [-0.3, -0.25) is 10.1 Å². The third kappa shape index (κ3) is 2.42. The maximum atomic E-state index is 12.6. The number of carbonyl (C=O) groups is 1. The standard InChI is InChI=1S/C15H28N2O/c1-5-7-12-14(18)17(13(16-12)8-6-2)15(3,4)11-9-10-11/h11-13,16H,5-10H2,1-4H3. The number of nitrogens with one attached hydrogen (secondary N) is 1. The van der Waals surface area contributed by atoms with Crippen LogP contribution in [0, 0.1) is 5.92 Å². The molecule has 0 bridgehead atoms. The predicted octanol–water partition coefficient (Wildman–Crippen LogP) is 2.90. The Hall–Kier alpha value is -0.570. The number of amides is 1. The van der Waals surface area contributed by atoms with Crippen molar-refractivity contribution < 1.29 is 4.79 Å². The van der Waals surface area contributed by atoms with Gasteiger partial charge in [-0.25, -0.2) is 0 Å². The summed E-state index contributed by atoms with van der Waals surface area (Å²) < 4.78 is 0. The number of nitrogens with zero attached hydrogens (tertiary/aromatic N) is 1. The molecule has 1 amide bonds. The largest absolute Gasteiger partial charge is 0.320 e. The average Bonchev–Trinajstić information content (AvgIpc) is 3.08. The van der Waals surface area contributed by atoms with E-state index in [0.717, 1.165) is 25.7 Å². The van der Waals surface area contributed by atoms with E-state index in [-0.39, 0.29) is 17.7 Å². The van der Waals surface area contributed by atoms with Gasteiger partial charge in [0, 0.05) is 5.54 Å². The van der Waals surface area contributed by atoms with Gasteiger partial charge in [-0.1, -0.05) is 26.7 Å². The maximum Gasteiger partial charge on any atom is 0.241 e. The van der Waals surface area contributed by atoms with E-state index in [2.05, 4.69) is 37.9 Å². The van der Waals surface area contributed by atoms with Crippen molar-refractivity contribution in [3.63, 3.8) is 0 Å². The zero-order valence-electron chi connectivity index (χ0n) is 12.3. The molecule has 2 unspecified atom stereocenters. The van der Waals surface area contributed by atoms with Gasteiger partial charge in [0.1, 0.15) is 0 Å². The Morgan fingerprint density at radius 3 is 2.33 bits per heavy atom. The molecule has 1 saturated heterocycles. The lowest BCUT2D eigenvalue weighted by Crippen LogP contribution is -2.52. The van der Waals surface area contributed by atoms with E-state index in [1.165, 1.54) is 12.8 Å². The molecule has 2 rings (SSSR count). The molecule has 3 heteroatoms. The van der Waals surface area contributed by atoms with Crippen LogP contribution in [0.4, 0.5) is 0 Å². The molecule has 2 fully saturated rings. The lowest BCUT2D eigenvalue weighted by Gasteiger charge is -2.40. The molecule has 0 radical (unpaired) electrons. The van der Waals surface area contributed by atoms with Crippen molar-refractivity contribution in [1.82, 2.24) is 10.2 Å². The molecule has 104 valence electrons. The van der Waals surface area contributed by atoms with Crippen molar-refractivity contribution in [3.8, 4) is 0 Å². The van der Waals surface area contributed by atoms with Gasteiger partial charge in [0.25, 0.3) is 0 Å². The van der Waals surface area contributed by atoms with Crippen LogP contribution in [0.25, 0.3) is 0 Å². The molecule has 1 heterocycles. The molecule has 1 aliphatic heterocycles. The predicted molar refractivity (Wildman–Crippen MR) is 74.2 cm³/mol. The minimum atomic E-state index is 0.0341. The smallest absolute Gasteiger partial charge is 0.241 e. The van der Waals surface area contributed by atoms with E-state index in [1.807, 2.05) is 0 Å². The Bertz CT molecular complexity index is 310. The minimum Gasteiger partial charge on any atom is -0.320 e. The van der Waals surface area contributed by atoms with Gasteiger partial charge in [0.15, 0.2) is 0 Å². The van der Waals surface area contributed by atoms with E-state index in [9.17, 15) is 4.79 Å². The topological polar surface area (TPSA) is 32.3 Å².